The average molecular weight is 353 g/mol. The number of methoxy groups -OCH3 is 1. The standard InChI is InChI=1S/C17H25BrN2O/c1-20-14-4-5-15(20)9-11(8-14)16(19)10-12-7-13(18)3-6-17(12)21-2/h3,6-7,11,14-16H,4-5,8-10,19H2,1-2H3. The lowest BCUT2D eigenvalue weighted by Crippen LogP contribution is -2.46. The Morgan fingerprint density at radius 1 is 1.33 bits per heavy atom. The van der Waals surface area contributed by atoms with Crippen LogP contribution in [0.1, 0.15) is 31.2 Å². The van der Waals surface area contributed by atoms with Crippen molar-refractivity contribution in [2.75, 3.05) is 14.2 Å². The van der Waals surface area contributed by atoms with Crippen molar-refractivity contribution in [1.29, 1.82) is 0 Å². The second-order valence-corrected chi connectivity index (χ2v) is 7.52. The summed E-state index contributed by atoms with van der Waals surface area (Å²) in [4.78, 5) is 2.57. The van der Waals surface area contributed by atoms with E-state index in [1.54, 1.807) is 7.11 Å². The van der Waals surface area contributed by atoms with Crippen LogP contribution in [0.2, 0.25) is 0 Å². The zero-order valence-corrected chi connectivity index (χ0v) is 14.5. The van der Waals surface area contributed by atoms with Gasteiger partial charge < -0.3 is 15.4 Å². The fourth-order valence-electron chi connectivity index (χ4n) is 4.13. The number of nitrogens with zero attached hydrogens (tertiary/aromatic N) is 1. The highest BCUT2D eigenvalue weighted by Gasteiger charge is 2.40. The molecular formula is C17H25BrN2O. The van der Waals surface area contributed by atoms with E-state index in [0.29, 0.717) is 5.92 Å². The predicted molar refractivity (Wildman–Crippen MR) is 89.7 cm³/mol. The van der Waals surface area contributed by atoms with Crippen molar-refractivity contribution in [3.63, 3.8) is 0 Å². The topological polar surface area (TPSA) is 38.5 Å². The first-order valence-corrected chi connectivity index (χ1v) is 8.67. The van der Waals surface area contributed by atoms with Gasteiger partial charge in [0.15, 0.2) is 0 Å². The minimum Gasteiger partial charge on any atom is -0.496 e. The largest absolute Gasteiger partial charge is 0.496 e. The van der Waals surface area contributed by atoms with Crippen LogP contribution in [0.3, 0.4) is 0 Å². The lowest BCUT2D eigenvalue weighted by Gasteiger charge is -2.39. The fraction of sp³-hybridized carbons (Fsp3) is 0.647. The molecule has 0 saturated carbocycles. The molecule has 2 N–H and O–H groups in total. The van der Waals surface area contributed by atoms with Crippen molar-refractivity contribution in [2.24, 2.45) is 11.7 Å². The first kappa shape index (κ1) is 15.3. The lowest BCUT2D eigenvalue weighted by atomic mass is 9.83. The number of hydrogen-bond acceptors (Lipinski definition) is 3. The summed E-state index contributed by atoms with van der Waals surface area (Å²) < 4.78 is 6.57. The molecule has 0 spiro atoms. The van der Waals surface area contributed by atoms with E-state index in [2.05, 4.69) is 33.9 Å². The van der Waals surface area contributed by atoms with Crippen LogP contribution < -0.4 is 10.5 Å². The number of halogens is 1. The number of rotatable bonds is 4. The molecule has 3 unspecified atom stereocenters. The van der Waals surface area contributed by atoms with Crippen LogP contribution in [0, 0.1) is 5.92 Å². The summed E-state index contributed by atoms with van der Waals surface area (Å²) in [5, 5.41) is 0. The van der Waals surface area contributed by atoms with Gasteiger partial charge in [0.2, 0.25) is 0 Å². The van der Waals surface area contributed by atoms with Crippen LogP contribution in [0.25, 0.3) is 0 Å². The van der Waals surface area contributed by atoms with E-state index in [-0.39, 0.29) is 6.04 Å². The molecule has 2 heterocycles. The summed E-state index contributed by atoms with van der Waals surface area (Å²) >= 11 is 3.55. The van der Waals surface area contributed by atoms with Gasteiger partial charge in [-0.25, -0.2) is 0 Å². The molecule has 2 fully saturated rings. The van der Waals surface area contributed by atoms with E-state index in [0.717, 1.165) is 28.7 Å². The van der Waals surface area contributed by atoms with E-state index in [1.807, 2.05) is 12.1 Å². The first-order chi connectivity index (χ1) is 10.1. The Kier molecular flexibility index (Phi) is 4.57. The van der Waals surface area contributed by atoms with E-state index in [4.69, 9.17) is 10.5 Å². The number of benzene rings is 1. The molecular weight excluding hydrogens is 328 g/mol. The number of ether oxygens (including phenoxy) is 1. The molecule has 0 aliphatic carbocycles. The van der Waals surface area contributed by atoms with Gasteiger partial charge in [0.05, 0.1) is 7.11 Å². The van der Waals surface area contributed by atoms with Crippen LogP contribution in [-0.4, -0.2) is 37.2 Å². The van der Waals surface area contributed by atoms with Crippen molar-refractivity contribution in [2.45, 2.75) is 50.2 Å². The zero-order valence-electron chi connectivity index (χ0n) is 12.9. The molecule has 3 nitrogen and oxygen atoms in total. The summed E-state index contributed by atoms with van der Waals surface area (Å²) in [7, 11) is 4.01. The number of hydrogen-bond donors (Lipinski definition) is 1. The summed E-state index contributed by atoms with van der Waals surface area (Å²) in [6.45, 7) is 0. The number of piperidine rings is 1. The summed E-state index contributed by atoms with van der Waals surface area (Å²) in [6, 6.07) is 7.91. The van der Waals surface area contributed by atoms with E-state index in [9.17, 15) is 0 Å². The Morgan fingerprint density at radius 3 is 2.62 bits per heavy atom. The molecule has 3 atom stereocenters. The normalized spacial score (nSPS) is 30.4. The summed E-state index contributed by atoms with van der Waals surface area (Å²) in [6.07, 6.45) is 6.11. The molecule has 3 rings (SSSR count). The quantitative estimate of drug-likeness (QED) is 0.904. The van der Waals surface area contributed by atoms with Gasteiger partial charge in [0, 0.05) is 22.6 Å². The maximum absolute atomic E-state index is 6.56. The lowest BCUT2D eigenvalue weighted by molar-refractivity contribution is 0.120. The molecule has 0 amide bonds. The second-order valence-electron chi connectivity index (χ2n) is 6.61. The van der Waals surface area contributed by atoms with E-state index in [1.165, 1.54) is 31.2 Å². The van der Waals surface area contributed by atoms with Gasteiger partial charge in [-0.05, 0) is 68.8 Å². The highest BCUT2D eigenvalue weighted by atomic mass is 79.9. The third-order valence-corrected chi connectivity index (χ3v) is 5.93. The highest BCUT2D eigenvalue weighted by Crippen LogP contribution is 2.39. The van der Waals surface area contributed by atoms with Crippen molar-refractivity contribution in [3.8, 4) is 5.75 Å². The molecule has 2 aliphatic rings. The van der Waals surface area contributed by atoms with Crippen LogP contribution >= 0.6 is 15.9 Å². The van der Waals surface area contributed by atoms with Gasteiger partial charge in [-0.15, -0.1) is 0 Å². The van der Waals surface area contributed by atoms with Gasteiger partial charge in [-0.1, -0.05) is 15.9 Å². The third kappa shape index (κ3) is 3.13. The fourth-order valence-corrected chi connectivity index (χ4v) is 4.54. The smallest absolute Gasteiger partial charge is 0.122 e. The second kappa shape index (κ2) is 6.27. The van der Waals surface area contributed by atoms with Crippen LogP contribution in [0.15, 0.2) is 22.7 Å². The summed E-state index contributed by atoms with van der Waals surface area (Å²) in [5.74, 6) is 1.59. The van der Waals surface area contributed by atoms with Gasteiger partial charge in [0.1, 0.15) is 5.75 Å². The Bertz CT molecular complexity index is 494. The third-order valence-electron chi connectivity index (χ3n) is 5.44. The minimum absolute atomic E-state index is 0.227. The Balaban J connectivity index is 1.69. The molecule has 2 bridgehead atoms. The van der Waals surface area contributed by atoms with Crippen LogP contribution in [0.4, 0.5) is 0 Å². The molecule has 0 radical (unpaired) electrons. The number of fused-ring (bicyclic) bond motifs is 2. The average Bonchev–Trinajstić information content (AvgIpc) is 2.69. The van der Waals surface area contributed by atoms with Crippen molar-refractivity contribution >= 4 is 15.9 Å². The zero-order chi connectivity index (χ0) is 15.0. The predicted octanol–water partition coefficient (Wildman–Crippen LogP) is 3.20. The van der Waals surface area contributed by atoms with Crippen molar-refractivity contribution < 1.29 is 4.74 Å². The molecule has 21 heavy (non-hydrogen) atoms. The van der Waals surface area contributed by atoms with Crippen molar-refractivity contribution in [3.05, 3.63) is 28.2 Å². The van der Waals surface area contributed by atoms with Crippen LogP contribution in [-0.2, 0) is 6.42 Å². The maximum Gasteiger partial charge on any atom is 0.122 e. The van der Waals surface area contributed by atoms with Gasteiger partial charge in [-0.3, -0.25) is 0 Å². The van der Waals surface area contributed by atoms with Crippen LogP contribution in [0.5, 0.6) is 5.75 Å². The van der Waals surface area contributed by atoms with Gasteiger partial charge in [0.25, 0.3) is 0 Å². The van der Waals surface area contributed by atoms with Crippen molar-refractivity contribution in [1.82, 2.24) is 4.90 Å². The number of nitrogens with two attached hydrogens (primary N) is 1. The monoisotopic (exact) mass is 352 g/mol. The minimum atomic E-state index is 0.227. The Morgan fingerprint density at radius 2 is 2.00 bits per heavy atom. The van der Waals surface area contributed by atoms with Gasteiger partial charge in [-0.2, -0.15) is 0 Å². The molecule has 116 valence electrons. The molecule has 2 saturated heterocycles. The van der Waals surface area contributed by atoms with Gasteiger partial charge >= 0.3 is 0 Å². The molecule has 1 aromatic rings. The van der Waals surface area contributed by atoms with E-state index < -0.39 is 0 Å². The summed E-state index contributed by atoms with van der Waals surface area (Å²) in [5.41, 5.74) is 7.78. The van der Waals surface area contributed by atoms with E-state index >= 15 is 0 Å². The Hall–Kier alpha value is -0.580. The maximum atomic E-state index is 6.56. The SMILES string of the molecule is COc1ccc(Br)cc1CC(N)C1CC2CCC(C1)N2C. The molecule has 0 aromatic heterocycles. The molecule has 1 aromatic carbocycles. The molecule has 2 aliphatic heterocycles. The highest BCUT2D eigenvalue weighted by molar-refractivity contribution is 9.10. The Labute approximate surface area is 136 Å². The molecule has 4 heteroatoms. The first-order valence-electron chi connectivity index (χ1n) is 7.88.